The van der Waals surface area contributed by atoms with Gasteiger partial charge in [0.2, 0.25) is 5.78 Å². The first-order valence-electron chi connectivity index (χ1n) is 4.05. The van der Waals surface area contributed by atoms with E-state index >= 15 is 0 Å². The van der Waals surface area contributed by atoms with E-state index in [1.807, 2.05) is 0 Å². The van der Waals surface area contributed by atoms with E-state index in [-0.39, 0.29) is 11.5 Å². The van der Waals surface area contributed by atoms with Crippen molar-refractivity contribution in [2.75, 3.05) is 0 Å². The fraction of sp³-hybridized carbons (Fsp3) is 0.300. The fourth-order valence-corrected chi connectivity index (χ4v) is 1.42. The molecule has 3 heteroatoms. The molecule has 0 aromatic heterocycles. The van der Waals surface area contributed by atoms with Crippen molar-refractivity contribution in [1.29, 1.82) is 0 Å². The number of ketones is 1. The molecular weight excluding hydrogens is 168 g/mol. The van der Waals surface area contributed by atoms with Crippen LogP contribution in [0.3, 0.4) is 0 Å². The molecule has 1 radical (unpaired) electrons. The smallest absolute Gasteiger partial charge is 0.209 e. The monoisotopic (exact) mass is 177 g/mol. The summed E-state index contributed by atoms with van der Waals surface area (Å²) in [4.78, 5) is 11.6. The molecule has 1 aliphatic rings. The number of carbonyl (C=O) groups excluding carboxylic acids is 1. The maximum atomic E-state index is 11.6. The quantitative estimate of drug-likeness (QED) is 0.609. The molecule has 0 amide bonds. The van der Waals surface area contributed by atoms with Crippen LogP contribution in [-0.4, -0.2) is 11.4 Å². The molecule has 1 heterocycles. The van der Waals surface area contributed by atoms with Crippen LogP contribution in [0.25, 0.3) is 0 Å². The highest BCUT2D eigenvalue weighted by Gasteiger charge is 2.39. The van der Waals surface area contributed by atoms with E-state index in [0.717, 1.165) is 0 Å². The van der Waals surface area contributed by atoms with Crippen molar-refractivity contribution in [3.05, 3.63) is 23.8 Å². The van der Waals surface area contributed by atoms with Crippen LogP contribution in [0.15, 0.2) is 18.2 Å². The normalized spacial score (nSPS) is 18.2. The van der Waals surface area contributed by atoms with Gasteiger partial charge in [-0.05, 0) is 26.0 Å². The lowest BCUT2D eigenvalue weighted by molar-refractivity contribution is 0.0684. The molecule has 0 aliphatic carbocycles. The van der Waals surface area contributed by atoms with Crippen LogP contribution in [0.2, 0.25) is 0 Å². The Kier molecular flexibility index (Phi) is 1.40. The Morgan fingerprint density at radius 1 is 1.31 bits per heavy atom. The molecule has 0 unspecified atom stereocenters. The second kappa shape index (κ2) is 2.25. The largest absolute Gasteiger partial charge is 0.479 e. The molecule has 1 aromatic carbocycles. The van der Waals surface area contributed by atoms with E-state index in [1.165, 1.54) is 12.1 Å². The molecule has 67 valence electrons. The van der Waals surface area contributed by atoms with Crippen LogP contribution in [0.4, 0.5) is 0 Å². The van der Waals surface area contributed by atoms with Gasteiger partial charge in [-0.3, -0.25) is 9.90 Å². The predicted octanol–water partition coefficient (Wildman–Crippen LogP) is 2.18. The van der Waals surface area contributed by atoms with Gasteiger partial charge in [0.25, 0.3) is 0 Å². The minimum absolute atomic E-state index is 0.125. The number of hydrogen-bond acceptors (Lipinski definition) is 2. The zero-order valence-corrected chi connectivity index (χ0v) is 7.46. The van der Waals surface area contributed by atoms with Gasteiger partial charge in [0.05, 0.1) is 5.56 Å². The van der Waals surface area contributed by atoms with E-state index in [9.17, 15) is 9.90 Å². The maximum Gasteiger partial charge on any atom is 0.209 e. The van der Waals surface area contributed by atoms with Crippen LogP contribution >= 0.6 is 0 Å². The van der Waals surface area contributed by atoms with Crippen molar-refractivity contribution in [1.82, 2.24) is 0 Å². The Bertz CT molecular complexity index is 380. The second-order valence-corrected chi connectivity index (χ2v) is 3.60. The number of benzene rings is 1. The molecule has 0 spiro atoms. The lowest BCUT2D eigenvalue weighted by Gasteiger charge is -2.14. The van der Waals surface area contributed by atoms with Gasteiger partial charge in [-0.15, -0.1) is 0 Å². The van der Waals surface area contributed by atoms with Gasteiger partial charge in [0.15, 0.2) is 11.4 Å². The van der Waals surface area contributed by atoms with Crippen LogP contribution in [-0.2, 0) is 5.11 Å². The number of Topliss-reactive ketones (excluding diaryl/α,β-unsaturated/α-hetero) is 1. The van der Waals surface area contributed by atoms with Gasteiger partial charge in [0.1, 0.15) is 5.75 Å². The van der Waals surface area contributed by atoms with E-state index in [4.69, 9.17) is 4.74 Å². The molecule has 3 nitrogen and oxygen atoms in total. The van der Waals surface area contributed by atoms with Crippen LogP contribution < -0.4 is 4.74 Å². The number of carbonyl (C=O) groups is 1. The first-order valence-corrected chi connectivity index (χ1v) is 4.05. The summed E-state index contributed by atoms with van der Waals surface area (Å²) in [7, 11) is 0. The highest BCUT2D eigenvalue weighted by Crippen LogP contribution is 2.36. The van der Waals surface area contributed by atoms with Crippen LogP contribution in [0.5, 0.6) is 11.5 Å². The summed E-state index contributed by atoms with van der Waals surface area (Å²) in [6, 6.07) is 4.27. The summed E-state index contributed by atoms with van der Waals surface area (Å²) in [5.74, 6) is 0.225. The van der Waals surface area contributed by atoms with Crippen LogP contribution in [0.1, 0.15) is 24.2 Å². The number of fused-ring (bicyclic) bond motifs is 1. The average Bonchev–Trinajstić information content (AvgIpc) is 2.26. The number of ether oxygens (including phenoxy) is 1. The summed E-state index contributed by atoms with van der Waals surface area (Å²) in [6.45, 7) is 3.39. The van der Waals surface area contributed by atoms with Gasteiger partial charge in [-0.25, -0.2) is 0 Å². The Balaban J connectivity index is 2.57. The van der Waals surface area contributed by atoms with Gasteiger partial charge < -0.3 is 4.74 Å². The zero-order chi connectivity index (χ0) is 9.64. The number of hydrogen-bond donors (Lipinski definition) is 0. The van der Waals surface area contributed by atoms with Crippen molar-refractivity contribution in [3.63, 3.8) is 0 Å². The standard InChI is InChI=1S/C10H9O3/c1-10(2)9(12)7-5-6(11)3-4-8(7)13-10/h3-5H,1-2H3. The van der Waals surface area contributed by atoms with Gasteiger partial charge in [-0.2, -0.15) is 0 Å². The summed E-state index contributed by atoms with van der Waals surface area (Å²) < 4.78 is 5.37. The van der Waals surface area contributed by atoms with Crippen molar-refractivity contribution in [2.24, 2.45) is 0 Å². The molecule has 13 heavy (non-hydrogen) atoms. The highest BCUT2D eigenvalue weighted by atomic mass is 16.5. The molecule has 0 fully saturated rings. The molecular formula is C10H9O3. The summed E-state index contributed by atoms with van der Waals surface area (Å²) >= 11 is 0. The summed E-state index contributed by atoms with van der Waals surface area (Å²) in [5, 5.41) is 11.0. The Morgan fingerprint density at radius 3 is 2.69 bits per heavy atom. The average molecular weight is 177 g/mol. The Labute approximate surface area is 76.0 Å². The third-order valence-corrected chi connectivity index (χ3v) is 2.11. The van der Waals surface area contributed by atoms with E-state index in [2.05, 4.69) is 0 Å². The van der Waals surface area contributed by atoms with Crippen molar-refractivity contribution >= 4 is 5.78 Å². The molecule has 1 aliphatic heterocycles. The van der Waals surface area contributed by atoms with Crippen molar-refractivity contribution in [2.45, 2.75) is 19.4 Å². The minimum Gasteiger partial charge on any atom is -0.479 e. The topological polar surface area (TPSA) is 46.2 Å². The van der Waals surface area contributed by atoms with Gasteiger partial charge in [0, 0.05) is 6.07 Å². The third kappa shape index (κ3) is 1.08. The SMILES string of the molecule is CC1(C)Oc2ccc([O])cc2C1=O. The van der Waals surface area contributed by atoms with Crippen molar-refractivity contribution < 1.29 is 14.6 Å². The Morgan fingerprint density at radius 2 is 2.00 bits per heavy atom. The molecule has 0 bridgehead atoms. The second-order valence-electron chi connectivity index (χ2n) is 3.60. The molecule has 0 N–H and O–H groups in total. The first-order chi connectivity index (χ1) is 6.00. The summed E-state index contributed by atoms with van der Waals surface area (Å²) in [5.41, 5.74) is -0.423. The molecule has 1 aromatic rings. The molecule has 0 saturated carbocycles. The fourth-order valence-electron chi connectivity index (χ4n) is 1.42. The molecule has 0 atom stereocenters. The van der Waals surface area contributed by atoms with Gasteiger partial charge in [-0.1, -0.05) is 0 Å². The zero-order valence-electron chi connectivity index (χ0n) is 7.46. The Hall–Kier alpha value is -1.51. The third-order valence-electron chi connectivity index (χ3n) is 2.11. The summed E-state index contributed by atoms with van der Waals surface area (Å²) in [6.07, 6.45) is 0. The number of rotatable bonds is 0. The van der Waals surface area contributed by atoms with E-state index in [1.54, 1.807) is 19.9 Å². The lowest BCUT2D eigenvalue weighted by Crippen LogP contribution is -2.31. The minimum atomic E-state index is -0.823. The van der Waals surface area contributed by atoms with E-state index in [0.29, 0.717) is 11.3 Å². The van der Waals surface area contributed by atoms with Crippen molar-refractivity contribution in [3.8, 4) is 11.5 Å². The molecule has 0 saturated heterocycles. The van der Waals surface area contributed by atoms with Crippen LogP contribution in [0, 0.1) is 0 Å². The predicted molar refractivity (Wildman–Crippen MR) is 45.6 cm³/mol. The highest BCUT2D eigenvalue weighted by molar-refractivity contribution is 6.07. The first kappa shape index (κ1) is 8.10. The maximum absolute atomic E-state index is 11.6. The lowest BCUT2D eigenvalue weighted by atomic mass is 10.00. The van der Waals surface area contributed by atoms with Gasteiger partial charge >= 0.3 is 0 Å². The van der Waals surface area contributed by atoms with E-state index < -0.39 is 5.60 Å². The molecule has 2 rings (SSSR count).